The highest BCUT2D eigenvalue weighted by molar-refractivity contribution is 5.09. The molecule has 0 aliphatic carbocycles. The minimum absolute atomic E-state index is 0.851. The van der Waals surface area contributed by atoms with Crippen LogP contribution < -0.4 is 0 Å². The summed E-state index contributed by atoms with van der Waals surface area (Å²) in [7, 11) is 0. The van der Waals surface area contributed by atoms with Crippen LogP contribution >= 0.6 is 0 Å². The van der Waals surface area contributed by atoms with Crippen molar-refractivity contribution >= 4 is 0 Å². The summed E-state index contributed by atoms with van der Waals surface area (Å²) in [5.74, 6) is 2.47. The smallest absolute Gasteiger partial charge is 0.0594 e. The third-order valence-corrected chi connectivity index (χ3v) is 1.68. The molecule has 2 heteroatoms. The molecule has 0 atom stereocenters. The van der Waals surface area contributed by atoms with E-state index in [-0.39, 0.29) is 0 Å². The van der Waals surface area contributed by atoms with Gasteiger partial charge in [-0.1, -0.05) is 12.0 Å². The van der Waals surface area contributed by atoms with Gasteiger partial charge in [-0.3, -0.25) is 4.90 Å². The zero-order chi connectivity index (χ0) is 7.94. The molecule has 0 bridgehead atoms. The molecule has 0 spiro atoms. The molecule has 0 aromatic heterocycles. The van der Waals surface area contributed by atoms with Gasteiger partial charge < -0.3 is 4.74 Å². The molecule has 0 radical (unpaired) electrons. The summed E-state index contributed by atoms with van der Waals surface area (Å²) in [6, 6.07) is 0. The molecule has 60 valence electrons. The van der Waals surface area contributed by atoms with Gasteiger partial charge in [0.2, 0.25) is 0 Å². The van der Waals surface area contributed by atoms with Crippen molar-refractivity contribution in [2.75, 3.05) is 32.8 Å². The number of ether oxygens (including phenoxy) is 1. The van der Waals surface area contributed by atoms with Crippen LogP contribution in [0.3, 0.4) is 0 Å². The second-order valence-electron chi connectivity index (χ2n) is 2.48. The van der Waals surface area contributed by atoms with Gasteiger partial charge in [-0.25, -0.2) is 0 Å². The van der Waals surface area contributed by atoms with Crippen molar-refractivity contribution in [1.29, 1.82) is 0 Å². The van der Waals surface area contributed by atoms with Gasteiger partial charge in [0.1, 0.15) is 0 Å². The number of rotatable bonds is 2. The number of morpholine rings is 1. The Kier molecular flexibility index (Phi) is 3.74. The van der Waals surface area contributed by atoms with Crippen LogP contribution in [0.1, 0.15) is 0 Å². The highest BCUT2D eigenvalue weighted by atomic mass is 16.5. The van der Waals surface area contributed by atoms with E-state index in [4.69, 9.17) is 11.2 Å². The summed E-state index contributed by atoms with van der Waals surface area (Å²) in [4.78, 5) is 2.32. The SMILES string of the molecule is C#C/C=C\CN1CCOCC1. The van der Waals surface area contributed by atoms with Crippen molar-refractivity contribution in [3.05, 3.63) is 12.2 Å². The van der Waals surface area contributed by atoms with Crippen molar-refractivity contribution < 1.29 is 4.74 Å². The fourth-order valence-corrected chi connectivity index (χ4v) is 1.05. The van der Waals surface area contributed by atoms with Gasteiger partial charge in [0.05, 0.1) is 13.2 Å². The first kappa shape index (κ1) is 8.32. The molecule has 1 heterocycles. The van der Waals surface area contributed by atoms with E-state index in [1.807, 2.05) is 6.08 Å². The molecule has 0 aromatic carbocycles. The maximum Gasteiger partial charge on any atom is 0.0594 e. The van der Waals surface area contributed by atoms with E-state index in [0.29, 0.717) is 0 Å². The van der Waals surface area contributed by atoms with Crippen LogP contribution in [0.2, 0.25) is 0 Å². The first-order chi connectivity index (χ1) is 5.43. The van der Waals surface area contributed by atoms with Crippen LogP contribution in [0, 0.1) is 12.3 Å². The summed E-state index contributed by atoms with van der Waals surface area (Å²) >= 11 is 0. The molecule has 0 aromatic rings. The summed E-state index contributed by atoms with van der Waals surface area (Å²) in [5.41, 5.74) is 0. The maximum absolute atomic E-state index is 5.20. The molecule has 0 amide bonds. The van der Waals surface area contributed by atoms with E-state index in [2.05, 4.69) is 10.8 Å². The Morgan fingerprint density at radius 2 is 2.18 bits per heavy atom. The van der Waals surface area contributed by atoms with Gasteiger partial charge in [0.25, 0.3) is 0 Å². The fourth-order valence-electron chi connectivity index (χ4n) is 1.05. The summed E-state index contributed by atoms with van der Waals surface area (Å²) in [6.45, 7) is 4.70. The molecular formula is C9H13NO. The Labute approximate surface area is 67.8 Å². The largest absolute Gasteiger partial charge is 0.379 e. The molecule has 1 saturated heterocycles. The van der Waals surface area contributed by atoms with E-state index < -0.39 is 0 Å². The standard InChI is InChI=1S/C9H13NO/c1-2-3-4-5-10-6-8-11-9-7-10/h1,3-4H,5-9H2/b4-3-. The lowest BCUT2D eigenvalue weighted by Crippen LogP contribution is -2.36. The predicted molar refractivity (Wildman–Crippen MR) is 45.2 cm³/mol. The molecule has 1 fully saturated rings. The minimum atomic E-state index is 0.851. The lowest BCUT2D eigenvalue weighted by molar-refractivity contribution is 0.0434. The van der Waals surface area contributed by atoms with Crippen LogP contribution in [0.15, 0.2) is 12.2 Å². The van der Waals surface area contributed by atoms with Crippen molar-refractivity contribution in [3.8, 4) is 12.3 Å². The predicted octanol–water partition coefficient (Wildman–Crippen LogP) is 0.508. The first-order valence-electron chi connectivity index (χ1n) is 3.84. The summed E-state index contributed by atoms with van der Waals surface area (Å²) in [5, 5.41) is 0. The number of allylic oxidation sites excluding steroid dienone is 1. The quantitative estimate of drug-likeness (QED) is 0.533. The van der Waals surface area contributed by atoms with E-state index in [1.165, 1.54) is 0 Å². The normalized spacial score (nSPS) is 20.3. The Morgan fingerprint density at radius 3 is 2.82 bits per heavy atom. The monoisotopic (exact) mass is 151 g/mol. The molecule has 11 heavy (non-hydrogen) atoms. The van der Waals surface area contributed by atoms with Gasteiger partial charge >= 0.3 is 0 Å². The number of hydrogen-bond acceptors (Lipinski definition) is 2. The topological polar surface area (TPSA) is 12.5 Å². The maximum atomic E-state index is 5.20. The van der Waals surface area contributed by atoms with Crippen molar-refractivity contribution in [3.63, 3.8) is 0 Å². The van der Waals surface area contributed by atoms with E-state index in [1.54, 1.807) is 6.08 Å². The van der Waals surface area contributed by atoms with Gasteiger partial charge in [0, 0.05) is 19.6 Å². The van der Waals surface area contributed by atoms with Crippen LogP contribution in [0.4, 0.5) is 0 Å². The number of terminal acetylenes is 1. The van der Waals surface area contributed by atoms with Crippen LogP contribution in [0.25, 0.3) is 0 Å². The molecule has 1 aliphatic heterocycles. The third kappa shape index (κ3) is 3.22. The van der Waals surface area contributed by atoms with Crippen LogP contribution in [-0.2, 0) is 4.74 Å². The molecule has 1 rings (SSSR count). The van der Waals surface area contributed by atoms with Crippen LogP contribution in [-0.4, -0.2) is 37.7 Å². The molecular weight excluding hydrogens is 138 g/mol. The van der Waals surface area contributed by atoms with E-state index >= 15 is 0 Å². The second kappa shape index (κ2) is 4.95. The van der Waals surface area contributed by atoms with Crippen molar-refractivity contribution in [1.82, 2.24) is 4.90 Å². The Balaban J connectivity index is 2.15. The molecule has 1 aliphatic rings. The summed E-state index contributed by atoms with van der Waals surface area (Å²) < 4.78 is 5.20. The van der Waals surface area contributed by atoms with Gasteiger partial charge in [-0.15, -0.1) is 6.42 Å². The van der Waals surface area contributed by atoms with E-state index in [9.17, 15) is 0 Å². The van der Waals surface area contributed by atoms with Crippen LogP contribution in [0.5, 0.6) is 0 Å². The van der Waals surface area contributed by atoms with Gasteiger partial charge in [0.15, 0.2) is 0 Å². The number of hydrogen-bond donors (Lipinski definition) is 0. The zero-order valence-corrected chi connectivity index (χ0v) is 6.62. The molecule has 0 N–H and O–H groups in total. The molecule has 2 nitrogen and oxygen atoms in total. The average molecular weight is 151 g/mol. The highest BCUT2D eigenvalue weighted by Crippen LogP contribution is 1.95. The van der Waals surface area contributed by atoms with Crippen molar-refractivity contribution in [2.45, 2.75) is 0 Å². The molecule has 0 unspecified atom stereocenters. The summed E-state index contributed by atoms with van der Waals surface area (Å²) in [6.07, 6.45) is 8.81. The Hall–Kier alpha value is -0.780. The third-order valence-electron chi connectivity index (χ3n) is 1.68. The highest BCUT2D eigenvalue weighted by Gasteiger charge is 2.06. The Morgan fingerprint density at radius 1 is 1.45 bits per heavy atom. The minimum Gasteiger partial charge on any atom is -0.379 e. The zero-order valence-electron chi connectivity index (χ0n) is 6.62. The first-order valence-corrected chi connectivity index (χ1v) is 3.84. The van der Waals surface area contributed by atoms with E-state index in [0.717, 1.165) is 32.8 Å². The molecule has 0 saturated carbocycles. The fraction of sp³-hybridized carbons (Fsp3) is 0.556. The average Bonchev–Trinajstić information content (AvgIpc) is 2.07. The van der Waals surface area contributed by atoms with Gasteiger partial charge in [-0.05, 0) is 6.08 Å². The number of nitrogens with zero attached hydrogens (tertiary/aromatic N) is 1. The lowest BCUT2D eigenvalue weighted by atomic mass is 10.4. The Bertz CT molecular complexity index is 163. The second-order valence-corrected chi connectivity index (χ2v) is 2.48. The van der Waals surface area contributed by atoms with Gasteiger partial charge in [-0.2, -0.15) is 0 Å². The lowest BCUT2D eigenvalue weighted by Gasteiger charge is -2.24. The van der Waals surface area contributed by atoms with Crippen molar-refractivity contribution in [2.24, 2.45) is 0 Å².